The second-order valence-electron chi connectivity index (χ2n) is 3.75. The fourth-order valence-electron chi connectivity index (χ4n) is 1.64. The number of thiophene rings is 1. The molecule has 0 radical (unpaired) electrons. The van der Waals surface area contributed by atoms with E-state index in [0.717, 1.165) is 6.42 Å². The van der Waals surface area contributed by atoms with Gasteiger partial charge in [-0.05, 0) is 18.6 Å². The monoisotopic (exact) mass is 238 g/mol. The first-order valence-electron chi connectivity index (χ1n) is 5.35. The fourth-order valence-corrected chi connectivity index (χ4v) is 2.61. The van der Waals surface area contributed by atoms with Gasteiger partial charge in [0, 0.05) is 22.7 Å². The molecule has 1 aliphatic heterocycles. The summed E-state index contributed by atoms with van der Waals surface area (Å²) in [6.45, 7) is 3.23. The average molecular weight is 238 g/mol. The quantitative estimate of drug-likeness (QED) is 0.872. The molecule has 16 heavy (non-hydrogen) atoms. The van der Waals surface area contributed by atoms with E-state index in [0.29, 0.717) is 19.5 Å². The first-order chi connectivity index (χ1) is 7.69. The molecule has 0 saturated carbocycles. The number of imide groups is 1. The van der Waals surface area contributed by atoms with Crippen LogP contribution in [0.15, 0.2) is 12.1 Å². The van der Waals surface area contributed by atoms with Crippen molar-refractivity contribution in [3.8, 4) is 0 Å². The van der Waals surface area contributed by atoms with E-state index in [1.165, 1.54) is 9.75 Å². The number of hydrogen-bond donors (Lipinski definition) is 1. The third-order valence-electron chi connectivity index (χ3n) is 2.55. The molecule has 1 aromatic heterocycles. The van der Waals surface area contributed by atoms with E-state index in [-0.39, 0.29) is 11.9 Å². The maximum Gasteiger partial charge on any atom is 0.324 e. The summed E-state index contributed by atoms with van der Waals surface area (Å²) >= 11 is 1.72. The van der Waals surface area contributed by atoms with Crippen molar-refractivity contribution in [1.29, 1.82) is 0 Å². The first-order valence-corrected chi connectivity index (χ1v) is 6.17. The summed E-state index contributed by atoms with van der Waals surface area (Å²) in [6, 6.07) is 3.86. The number of nitrogens with zero attached hydrogens (tertiary/aromatic N) is 1. The molecule has 0 atom stereocenters. The molecule has 2 heterocycles. The van der Waals surface area contributed by atoms with Crippen molar-refractivity contribution in [3.63, 3.8) is 0 Å². The lowest BCUT2D eigenvalue weighted by Crippen LogP contribution is -2.48. The molecule has 1 saturated heterocycles. The number of urea groups is 1. The third kappa shape index (κ3) is 2.41. The number of carbonyl (C=O) groups is 2. The Balaban J connectivity index is 1.99. The zero-order chi connectivity index (χ0) is 11.5. The number of nitrogens with one attached hydrogen (secondary N) is 1. The Morgan fingerprint density at radius 3 is 2.75 bits per heavy atom. The van der Waals surface area contributed by atoms with Crippen LogP contribution >= 0.6 is 11.3 Å². The normalized spacial score (nSPS) is 16.4. The average Bonchev–Trinajstić information content (AvgIpc) is 2.70. The van der Waals surface area contributed by atoms with E-state index < -0.39 is 0 Å². The van der Waals surface area contributed by atoms with Crippen LogP contribution in [0.4, 0.5) is 4.79 Å². The van der Waals surface area contributed by atoms with Gasteiger partial charge in [0.15, 0.2) is 0 Å². The molecule has 0 unspecified atom stereocenters. The van der Waals surface area contributed by atoms with Crippen LogP contribution in [0.25, 0.3) is 0 Å². The lowest BCUT2D eigenvalue weighted by Gasteiger charge is -2.25. The van der Waals surface area contributed by atoms with Crippen LogP contribution in [0.5, 0.6) is 0 Å². The summed E-state index contributed by atoms with van der Waals surface area (Å²) in [4.78, 5) is 26.6. The Labute approximate surface area is 98.3 Å². The van der Waals surface area contributed by atoms with Gasteiger partial charge >= 0.3 is 6.03 Å². The Morgan fingerprint density at radius 1 is 1.38 bits per heavy atom. The molecule has 0 bridgehead atoms. The maximum atomic E-state index is 11.5. The van der Waals surface area contributed by atoms with Gasteiger partial charge in [0.25, 0.3) is 0 Å². The predicted octanol–water partition coefficient (Wildman–Crippen LogP) is 1.75. The van der Waals surface area contributed by atoms with Crippen LogP contribution in [-0.4, -0.2) is 23.4 Å². The molecule has 2 rings (SSSR count). The van der Waals surface area contributed by atoms with E-state index in [9.17, 15) is 9.59 Å². The van der Waals surface area contributed by atoms with Crippen LogP contribution in [-0.2, 0) is 17.8 Å². The zero-order valence-corrected chi connectivity index (χ0v) is 9.97. The molecule has 3 amide bonds. The lowest BCUT2D eigenvalue weighted by molar-refractivity contribution is -0.121. The molecule has 0 aliphatic carbocycles. The molecular formula is C11H14N2O2S. The van der Waals surface area contributed by atoms with Gasteiger partial charge in [-0.2, -0.15) is 0 Å². The van der Waals surface area contributed by atoms with Crippen LogP contribution < -0.4 is 5.32 Å². The summed E-state index contributed by atoms with van der Waals surface area (Å²) in [6.07, 6.45) is 1.42. The highest BCUT2D eigenvalue weighted by Gasteiger charge is 2.22. The molecular weight excluding hydrogens is 224 g/mol. The van der Waals surface area contributed by atoms with Crippen molar-refractivity contribution in [2.45, 2.75) is 26.3 Å². The van der Waals surface area contributed by atoms with Gasteiger partial charge in [-0.25, -0.2) is 4.79 Å². The second-order valence-corrected chi connectivity index (χ2v) is 5.00. The second kappa shape index (κ2) is 4.65. The van der Waals surface area contributed by atoms with Gasteiger partial charge in [-0.1, -0.05) is 6.92 Å². The topological polar surface area (TPSA) is 49.4 Å². The number of hydrogen-bond acceptors (Lipinski definition) is 3. The zero-order valence-electron chi connectivity index (χ0n) is 9.16. The highest BCUT2D eigenvalue weighted by atomic mass is 32.1. The van der Waals surface area contributed by atoms with Crippen molar-refractivity contribution in [2.75, 3.05) is 6.54 Å². The van der Waals surface area contributed by atoms with Crippen molar-refractivity contribution in [2.24, 2.45) is 0 Å². The number of amides is 3. The minimum atomic E-state index is -0.275. The summed E-state index contributed by atoms with van der Waals surface area (Å²) in [5.41, 5.74) is 0. The largest absolute Gasteiger partial charge is 0.324 e. The van der Waals surface area contributed by atoms with Crippen LogP contribution in [0.2, 0.25) is 0 Å². The Kier molecular flexibility index (Phi) is 3.24. The summed E-state index contributed by atoms with van der Waals surface area (Å²) in [7, 11) is 0. The van der Waals surface area contributed by atoms with E-state index in [1.54, 1.807) is 16.2 Å². The van der Waals surface area contributed by atoms with Crippen molar-refractivity contribution in [1.82, 2.24) is 10.2 Å². The predicted molar refractivity (Wildman–Crippen MR) is 62.3 cm³/mol. The van der Waals surface area contributed by atoms with Crippen molar-refractivity contribution >= 4 is 23.3 Å². The minimum absolute atomic E-state index is 0.179. The number of aryl methyl sites for hydroxylation is 1. The SMILES string of the molecule is CCc1ccc(CN2CCC(=O)NC2=O)s1. The number of rotatable bonds is 3. The van der Waals surface area contributed by atoms with E-state index in [4.69, 9.17) is 0 Å². The van der Waals surface area contributed by atoms with Crippen LogP contribution in [0.1, 0.15) is 23.1 Å². The smallest absolute Gasteiger partial charge is 0.319 e. The van der Waals surface area contributed by atoms with Crippen molar-refractivity contribution in [3.05, 3.63) is 21.9 Å². The molecule has 1 aromatic rings. The molecule has 1 N–H and O–H groups in total. The Bertz CT molecular complexity index is 414. The fraction of sp³-hybridized carbons (Fsp3) is 0.455. The minimum Gasteiger partial charge on any atom is -0.319 e. The standard InChI is InChI=1S/C11H14N2O2S/c1-2-8-3-4-9(16-8)7-13-6-5-10(14)12-11(13)15/h3-4H,2,5-7H2,1H3,(H,12,14,15). The van der Waals surface area contributed by atoms with Gasteiger partial charge in [-0.3, -0.25) is 10.1 Å². The van der Waals surface area contributed by atoms with Gasteiger partial charge in [0.05, 0.1) is 6.54 Å². The molecule has 0 spiro atoms. The third-order valence-corrected chi connectivity index (χ3v) is 3.77. The van der Waals surface area contributed by atoms with Gasteiger partial charge in [0.2, 0.25) is 5.91 Å². The van der Waals surface area contributed by atoms with E-state index >= 15 is 0 Å². The Hall–Kier alpha value is -1.36. The van der Waals surface area contributed by atoms with Gasteiger partial charge in [0.1, 0.15) is 0 Å². The van der Waals surface area contributed by atoms with Gasteiger partial charge in [-0.15, -0.1) is 11.3 Å². The molecule has 1 fully saturated rings. The summed E-state index contributed by atoms with van der Waals surface area (Å²) < 4.78 is 0. The first kappa shape index (κ1) is 11.1. The Morgan fingerprint density at radius 2 is 2.12 bits per heavy atom. The maximum absolute atomic E-state index is 11.5. The molecule has 1 aliphatic rings. The van der Waals surface area contributed by atoms with E-state index in [1.807, 2.05) is 6.07 Å². The highest BCUT2D eigenvalue weighted by Crippen LogP contribution is 2.19. The highest BCUT2D eigenvalue weighted by molar-refractivity contribution is 7.11. The lowest BCUT2D eigenvalue weighted by atomic mass is 10.3. The number of carbonyl (C=O) groups excluding carboxylic acids is 2. The molecule has 5 heteroatoms. The summed E-state index contributed by atoms with van der Waals surface area (Å²) in [5.74, 6) is -0.179. The van der Waals surface area contributed by atoms with Crippen LogP contribution in [0.3, 0.4) is 0 Å². The molecule has 86 valence electrons. The van der Waals surface area contributed by atoms with Gasteiger partial charge < -0.3 is 4.90 Å². The van der Waals surface area contributed by atoms with Crippen molar-refractivity contribution < 1.29 is 9.59 Å². The summed E-state index contributed by atoms with van der Waals surface area (Å²) in [5, 5.41) is 2.32. The van der Waals surface area contributed by atoms with Crippen LogP contribution in [0, 0.1) is 0 Å². The van der Waals surface area contributed by atoms with E-state index in [2.05, 4.69) is 18.3 Å². The molecule has 4 nitrogen and oxygen atoms in total. The molecule has 0 aromatic carbocycles.